The number of phenols is 1. The highest BCUT2D eigenvalue weighted by Crippen LogP contribution is 2.32. The molecule has 1 unspecified atom stereocenters. The molecule has 0 saturated carbocycles. The fourth-order valence-corrected chi connectivity index (χ4v) is 2.15. The van der Waals surface area contributed by atoms with Gasteiger partial charge >= 0.3 is 12.1 Å². The van der Waals surface area contributed by atoms with E-state index in [4.69, 9.17) is 4.74 Å². The molecule has 128 valence electrons. The molecule has 0 saturated heterocycles. The van der Waals surface area contributed by atoms with Crippen LogP contribution >= 0.6 is 0 Å². The van der Waals surface area contributed by atoms with Crippen LogP contribution in [0.3, 0.4) is 0 Å². The van der Waals surface area contributed by atoms with E-state index in [1.54, 1.807) is 0 Å². The van der Waals surface area contributed by atoms with Crippen LogP contribution in [0.4, 0.5) is 13.2 Å². The Balaban J connectivity index is 2.28. The number of aromatic hydroxyl groups is 1. The molecular weight excluding hydrogens is 325 g/mol. The minimum Gasteiger partial charge on any atom is -0.508 e. The first-order chi connectivity index (χ1) is 11.1. The Labute approximate surface area is 136 Å². The summed E-state index contributed by atoms with van der Waals surface area (Å²) in [5.41, 5.74) is -2.12. The molecule has 0 radical (unpaired) electrons. The van der Waals surface area contributed by atoms with Crippen molar-refractivity contribution in [1.82, 2.24) is 0 Å². The summed E-state index contributed by atoms with van der Waals surface area (Å²) in [7, 11) is 0. The maximum absolute atomic E-state index is 12.7. The summed E-state index contributed by atoms with van der Waals surface area (Å²) in [5.74, 6) is -1.48. The molecule has 0 bridgehead atoms. The highest BCUT2D eigenvalue weighted by Gasteiger charge is 2.37. The van der Waals surface area contributed by atoms with E-state index in [0.717, 1.165) is 18.2 Å². The smallest absolute Gasteiger partial charge is 0.416 e. The Morgan fingerprint density at radius 2 is 1.75 bits per heavy atom. The maximum atomic E-state index is 12.7. The maximum Gasteiger partial charge on any atom is 0.416 e. The highest BCUT2D eigenvalue weighted by molar-refractivity contribution is 5.78. The lowest BCUT2D eigenvalue weighted by Crippen LogP contribution is -2.43. The summed E-state index contributed by atoms with van der Waals surface area (Å²) in [6.45, 7) is 1.28. The Morgan fingerprint density at radius 1 is 1.12 bits per heavy atom. The van der Waals surface area contributed by atoms with Gasteiger partial charge in [-0.25, -0.2) is 4.79 Å². The molecule has 0 heterocycles. The predicted molar refractivity (Wildman–Crippen MR) is 79.9 cm³/mol. The van der Waals surface area contributed by atoms with Gasteiger partial charge in [-0.1, -0.05) is 18.2 Å². The number of hydrogen-bond acceptors (Lipinski definition) is 3. The van der Waals surface area contributed by atoms with Crippen LogP contribution in [0, 0.1) is 0 Å². The van der Waals surface area contributed by atoms with Gasteiger partial charge in [0, 0.05) is 6.42 Å². The van der Waals surface area contributed by atoms with Crippen LogP contribution in [0.15, 0.2) is 48.5 Å². The number of carboxylic acids is 1. The van der Waals surface area contributed by atoms with Gasteiger partial charge in [-0.3, -0.25) is 0 Å². The van der Waals surface area contributed by atoms with Crippen molar-refractivity contribution in [1.29, 1.82) is 0 Å². The van der Waals surface area contributed by atoms with Crippen LogP contribution in [0.2, 0.25) is 0 Å². The molecule has 2 N–H and O–H groups in total. The molecule has 0 aliphatic carbocycles. The van der Waals surface area contributed by atoms with E-state index in [1.165, 1.54) is 37.3 Å². The van der Waals surface area contributed by atoms with Crippen molar-refractivity contribution < 1.29 is 32.9 Å². The van der Waals surface area contributed by atoms with Crippen molar-refractivity contribution in [3.8, 4) is 11.5 Å². The Bertz CT molecular complexity index is 725. The fourth-order valence-electron chi connectivity index (χ4n) is 2.15. The lowest BCUT2D eigenvalue weighted by Gasteiger charge is -2.27. The normalized spacial score (nSPS) is 14.0. The van der Waals surface area contributed by atoms with Crippen molar-refractivity contribution in [3.05, 3.63) is 59.7 Å². The first kappa shape index (κ1) is 17.7. The molecule has 0 amide bonds. The molecule has 0 aliphatic heterocycles. The standard InChI is InChI=1S/C17H15F3O4/c1-16(15(22)23,10-11-5-7-13(21)8-6-11)24-14-4-2-3-12(9-14)17(18,19)20/h2-9,21H,10H2,1H3,(H,22,23). The van der Waals surface area contributed by atoms with E-state index >= 15 is 0 Å². The van der Waals surface area contributed by atoms with Crippen LogP contribution in [0.1, 0.15) is 18.1 Å². The van der Waals surface area contributed by atoms with Crippen molar-refractivity contribution >= 4 is 5.97 Å². The van der Waals surface area contributed by atoms with Gasteiger partial charge in [0.15, 0.2) is 0 Å². The second-order valence-corrected chi connectivity index (χ2v) is 5.51. The van der Waals surface area contributed by atoms with E-state index in [9.17, 15) is 28.2 Å². The van der Waals surface area contributed by atoms with Crippen molar-refractivity contribution in [2.45, 2.75) is 25.1 Å². The lowest BCUT2D eigenvalue weighted by molar-refractivity contribution is -0.153. The third-order valence-corrected chi connectivity index (χ3v) is 3.43. The van der Waals surface area contributed by atoms with Gasteiger partial charge in [0.2, 0.25) is 5.60 Å². The molecule has 2 aromatic carbocycles. The Hall–Kier alpha value is -2.70. The van der Waals surface area contributed by atoms with E-state index in [1.807, 2.05) is 0 Å². The van der Waals surface area contributed by atoms with E-state index in [0.29, 0.717) is 5.56 Å². The summed E-state index contributed by atoms with van der Waals surface area (Å²) in [5, 5.41) is 18.7. The summed E-state index contributed by atoms with van der Waals surface area (Å²) in [6, 6.07) is 9.89. The molecule has 24 heavy (non-hydrogen) atoms. The van der Waals surface area contributed by atoms with Crippen LogP contribution in [0.5, 0.6) is 11.5 Å². The Morgan fingerprint density at radius 3 is 2.29 bits per heavy atom. The molecule has 0 spiro atoms. The van der Waals surface area contributed by atoms with Crippen molar-refractivity contribution in [3.63, 3.8) is 0 Å². The first-order valence-corrected chi connectivity index (χ1v) is 6.98. The van der Waals surface area contributed by atoms with Gasteiger partial charge in [0.05, 0.1) is 5.56 Å². The summed E-state index contributed by atoms with van der Waals surface area (Å²) in [4.78, 5) is 11.6. The molecule has 7 heteroatoms. The summed E-state index contributed by atoms with van der Waals surface area (Å²) in [6.07, 6.45) is -4.63. The second-order valence-electron chi connectivity index (χ2n) is 5.51. The zero-order valence-electron chi connectivity index (χ0n) is 12.7. The average Bonchev–Trinajstić information content (AvgIpc) is 2.49. The third-order valence-electron chi connectivity index (χ3n) is 3.43. The minimum absolute atomic E-state index is 0.0228. The zero-order chi connectivity index (χ0) is 18.0. The SMILES string of the molecule is CC(Cc1ccc(O)cc1)(Oc1cccc(C(F)(F)F)c1)C(=O)O. The predicted octanol–water partition coefficient (Wildman–Crippen LogP) is 3.88. The summed E-state index contributed by atoms with van der Waals surface area (Å²) >= 11 is 0. The van der Waals surface area contributed by atoms with Gasteiger partial charge in [-0.15, -0.1) is 0 Å². The molecule has 2 rings (SSSR count). The van der Waals surface area contributed by atoms with Crippen molar-refractivity contribution in [2.75, 3.05) is 0 Å². The molecular formula is C17H15F3O4. The minimum atomic E-state index is -4.55. The Kier molecular flexibility index (Phi) is 4.73. The number of rotatable bonds is 5. The van der Waals surface area contributed by atoms with Gasteiger partial charge in [0.25, 0.3) is 0 Å². The lowest BCUT2D eigenvalue weighted by atomic mass is 9.96. The van der Waals surface area contributed by atoms with Crippen LogP contribution in [-0.4, -0.2) is 21.8 Å². The van der Waals surface area contributed by atoms with E-state index in [2.05, 4.69) is 0 Å². The number of benzene rings is 2. The molecule has 4 nitrogen and oxygen atoms in total. The van der Waals surface area contributed by atoms with Gasteiger partial charge in [0.1, 0.15) is 11.5 Å². The fraction of sp³-hybridized carbons (Fsp3) is 0.235. The monoisotopic (exact) mass is 340 g/mol. The van der Waals surface area contributed by atoms with Crippen LogP contribution in [-0.2, 0) is 17.4 Å². The van der Waals surface area contributed by atoms with Gasteiger partial charge in [-0.05, 0) is 42.8 Å². The zero-order valence-corrected chi connectivity index (χ0v) is 12.7. The van der Waals surface area contributed by atoms with Crippen LogP contribution < -0.4 is 4.74 Å². The van der Waals surface area contributed by atoms with Crippen LogP contribution in [0.25, 0.3) is 0 Å². The first-order valence-electron chi connectivity index (χ1n) is 6.98. The third kappa shape index (κ3) is 4.18. The number of hydrogen-bond donors (Lipinski definition) is 2. The van der Waals surface area contributed by atoms with E-state index in [-0.39, 0.29) is 17.9 Å². The highest BCUT2D eigenvalue weighted by atomic mass is 19.4. The number of carbonyl (C=O) groups is 1. The number of phenolic OH excluding ortho intramolecular Hbond substituents is 1. The topological polar surface area (TPSA) is 66.8 Å². The van der Waals surface area contributed by atoms with Gasteiger partial charge in [-0.2, -0.15) is 13.2 Å². The van der Waals surface area contributed by atoms with E-state index < -0.39 is 23.3 Å². The number of alkyl halides is 3. The van der Waals surface area contributed by atoms with Crippen molar-refractivity contribution in [2.24, 2.45) is 0 Å². The molecule has 0 aromatic heterocycles. The summed E-state index contributed by atoms with van der Waals surface area (Å²) < 4.78 is 43.6. The van der Waals surface area contributed by atoms with Gasteiger partial charge < -0.3 is 14.9 Å². The molecule has 2 aromatic rings. The molecule has 0 aliphatic rings. The molecule has 0 fully saturated rings. The number of ether oxygens (including phenoxy) is 1. The largest absolute Gasteiger partial charge is 0.508 e. The molecule has 1 atom stereocenters. The quantitative estimate of drug-likeness (QED) is 0.867. The second kappa shape index (κ2) is 6.43. The number of halogens is 3. The average molecular weight is 340 g/mol. The number of carboxylic acid groups (broad SMARTS) is 1. The number of aliphatic carboxylic acids is 1.